The zero-order valence-corrected chi connectivity index (χ0v) is 11.2. The monoisotopic (exact) mass is 238 g/mol. The zero-order valence-electron chi connectivity index (χ0n) is 11.2. The number of rotatable bonds is 2. The van der Waals surface area contributed by atoms with Crippen LogP contribution in [-0.2, 0) is 4.79 Å². The Labute approximate surface area is 105 Å². The summed E-state index contributed by atoms with van der Waals surface area (Å²) in [5, 5.41) is 0. The van der Waals surface area contributed by atoms with Gasteiger partial charge in [-0.25, -0.2) is 0 Å². The van der Waals surface area contributed by atoms with E-state index < -0.39 is 5.54 Å². The van der Waals surface area contributed by atoms with Crippen LogP contribution in [0.2, 0.25) is 0 Å². The Bertz CT molecular complexity index is 276. The molecule has 1 heterocycles. The van der Waals surface area contributed by atoms with E-state index in [9.17, 15) is 4.79 Å². The number of hydrogen-bond donors (Lipinski definition) is 1. The molecule has 98 valence electrons. The van der Waals surface area contributed by atoms with Crippen LogP contribution in [0.5, 0.6) is 0 Å². The van der Waals surface area contributed by atoms with E-state index in [0.717, 1.165) is 18.9 Å². The van der Waals surface area contributed by atoms with Gasteiger partial charge in [0.25, 0.3) is 0 Å². The minimum absolute atomic E-state index is 0.144. The molecule has 3 heteroatoms. The molecule has 1 aliphatic carbocycles. The summed E-state index contributed by atoms with van der Waals surface area (Å²) in [5.74, 6) is 0.878. The number of carbonyl (C=O) groups excluding carboxylic acids is 1. The minimum Gasteiger partial charge on any atom is -0.338 e. The quantitative estimate of drug-likeness (QED) is 0.802. The molecule has 3 nitrogen and oxygen atoms in total. The van der Waals surface area contributed by atoms with Gasteiger partial charge >= 0.3 is 0 Å². The highest BCUT2D eigenvalue weighted by molar-refractivity contribution is 5.85. The van der Waals surface area contributed by atoms with Gasteiger partial charge in [0.15, 0.2) is 0 Å². The fourth-order valence-corrected chi connectivity index (χ4v) is 3.42. The van der Waals surface area contributed by atoms with Crippen molar-refractivity contribution in [2.75, 3.05) is 6.54 Å². The summed E-state index contributed by atoms with van der Waals surface area (Å²) in [6, 6.07) is 0.477. The molecule has 2 aliphatic rings. The maximum Gasteiger partial charge on any atom is 0.242 e. The van der Waals surface area contributed by atoms with Crippen molar-refractivity contribution in [1.82, 2.24) is 4.90 Å². The molecule has 1 unspecified atom stereocenters. The summed E-state index contributed by atoms with van der Waals surface area (Å²) in [4.78, 5) is 14.4. The van der Waals surface area contributed by atoms with Crippen molar-refractivity contribution in [1.29, 1.82) is 0 Å². The summed E-state index contributed by atoms with van der Waals surface area (Å²) in [6.07, 6.45) is 9.01. The second-order valence-electron chi connectivity index (χ2n) is 6.33. The predicted octanol–water partition coefficient (Wildman–Crippen LogP) is 2.29. The lowest BCUT2D eigenvalue weighted by Gasteiger charge is -2.37. The van der Waals surface area contributed by atoms with Crippen molar-refractivity contribution in [3.63, 3.8) is 0 Å². The molecule has 2 rings (SSSR count). The average molecular weight is 238 g/mol. The summed E-state index contributed by atoms with van der Waals surface area (Å²) in [6.45, 7) is 4.57. The molecule has 1 aliphatic heterocycles. The molecule has 1 saturated heterocycles. The third-order valence-electron chi connectivity index (χ3n) is 4.31. The SMILES string of the molecule is CC(C)(N)C(=O)N1CCCC1C1CCCCC1. The van der Waals surface area contributed by atoms with Gasteiger partial charge in [-0.15, -0.1) is 0 Å². The molecule has 0 radical (unpaired) electrons. The highest BCUT2D eigenvalue weighted by atomic mass is 16.2. The van der Waals surface area contributed by atoms with Crippen molar-refractivity contribution in [2.24, 2.45) is 11.7 Å². The van der Waals surface area contributed by atoms with E-state index in [4.69, 9.17) is 5.73 Å². The molecule has 1 saturated carbocycles. The number of nitrogens with zero attached hydrogens (tertiary/aromatic N) is 1. The lowest BCUT2D eigenvalue weighted by Crippen LogP contribution is -2.54. The van der Waals surface area contributed by atoms with Crippen LogP contribution in [0.25, 0.3) is 0 Å². The first-order valence-electron chi connectivity index (χ1n) is 7.10. The van der Waals surface area contributed by atoms with E-state index in [2.05, 4.69) is 4.90 Å². The summed E-state index contributed by atoms with van der Waals surface area (Å²) in [7, 11) is 0. The largest absolute Gasteiger partial charge is 0.338 e. The molecule has 0 aromatic heterocycles. The van der Waals surface area contributed by atoms with Crippen molar-refractivity contribution >= 4 is 5.91 Å². The van der Waals surface area contributed by atoms with E-state index in [-0.39, 0.29) is 5.91 Å². The van der Waals surface area contributed by atoms with Gasteiger partial charge in [-0.3, -0.25) is 4.79 Å². The van der Waals surface area contributed by atoms with Crippen LogP contribution < -0.4 is 5.73 Å². The van der Waals surface area contributed by atoms with Gasteiger partial charge in [0.2, 0.25) is 5.91 Å². The predicted molar refractivity (Wildman–Crippen MR) is 69.6 cm³/mol. The van der Waals surface area contributed by atoms with Crippen molar-refractivity contribution < 1.29 is 4.79 Å². The van der Waals surface area contributed by atoms with E-state index in [1.165, 1.54) is 38.5 Å². The smallest absolute Gasteiger partial charge is 0.242 e. The van der Waals surface area contributed by atoms with Gasteiger partial charge in [-0.1, -0.05) is 19.3 Å². The van der Waals surface area contributed by atoms with Crippen LogP contribution in [0.15, 0.2) is 0 Å². The number of likely N-dealkylation sites (tertiary alicyclic amines) is 1. The molecule has 2 fully saturated rings. The lowest BCUT2D eigenvalue weighted by molar-refractivity contribution is -0.137. The van der Waals surface area contributed by atoms with Crippen LogP contribution >= 0.6 is 0 Å². The van der Waals surface area contributed by atoms with Crippen LogP contribution in [0.1, 0.15) is 58.8 Å². The van der Waals surface area contributed by atoms with Crippen molar-refractivity contribution in [2.45, 2.75) is 70.4 Å². The lowest BCUT2D eigenvalue weighted by atomic mass is 9.82. The van der Waals surface area contributed by atoms with Gasteiger partial charge in [0.1, 0.15) is 0 Å². The number of nitrogens with two attached hydrogens (primary N) is 1. The highest BCUT2D eigenvalue weighted by Gasteiger charge is 2.39. The molecule has 2 N–H and O–H groups in total. The fourth-order valence-electron chi connectivity index (χ4n) is 3.42. The number of hydrogen-bond acceptors (Lipinski definition) is 2. The zero-order chi connectivity index (χ0) is 12.5. The first-order chi connectivity index (χ1) is 8.00. The Hall–Kier alpha value is -0.570. The highest BCUT2D eigenvalue weighted by Crippen LogP contribution is 2.34. The van der Waals surface area contributed by atoms with Crippen LogP contribution in [-0.4, -0.2) is 28.9 Å². The summed E-state index contributed by atoms with van der Waals surface area (Å²) in [5.41, 5.74) is 5.25. The second-order valence-corrected chi connectivity index (χ2v) is 6.33. The van der Waals surface area contributed by atoms with Gasteiger partial charge in [-0.2, -0.15) is 0 Å². The Kier molecular flexibility index (Phi) is 3.76. The van der Waals surface area contributed by atoms with Gasteiger partial charge < -0.3 is 10.6 Å². The maximum atomic E-state index is 12.3. The Morgan fingerprint density at radius 2 is 1.76 bits per heavy atom. The standard InChI is InChI=1S/C14H26N2O/c1-14(2,15)13(17)16-10-6-9-12(16)11-7-4-3-5-8-11/h11-12H,3-10,15H2,1-2H3. The van der Waals surface area contributed by atoms with Crippen LogP contribution in [0, 0.1) is 5.92 Å². The molecule has 17 heavy (non-hydrogen) atoms. The summed E-state index contributed by atoms with van der Waals surface area (Å²) >= 11 is 0. The minimum atomic E-state index is -0.711. The molecule has 1 amide bonds. The normalized spacial score (nSPS) is 27.5. The Balaban J connectivity index is 2.04. The molecule has 0 aromatic rings. The molecular weight excluding hydrogens is 212 g/mol. The van der Waals surface area contributed by atoms with Gasteiger partial charge in [0, 0.05) is 12.6 Å². The van der Waals surface area contributed by atoms with Gasteiger partial charge in [0.05, 0.1) is 5.54 Å². The Morgan fingerprint density at radius 3 is 2.35 bits per heavy atom. The fraction of sp³-hybridized carbons (Fsp3) is 0.929. The molecule has 1 atom stereocenters. The first kappa shape index (κ1) is 12.9. The number of carbonyl (C=O) groups is 1. The molecule has 0 aromatic carbocycles. The molecular formula is C14H26N2O. The van der Waals surface area contributed by atoms with E-state index >= 15 is 0 Å². The van der Waals surface area contributed by atoms with Gasteiger partial charge in [-0.05, 0) is 45.4 Å². The Morgan fingerprint density at radius 1 is 1.12 bits per heavy atom. The van der Waals surface area contributed by atoms with Crippen molar-refractivity contribution in [3.05, 3.63) is 0 Å². The molecule has 0 spiro atoms. The second kappa shape index (κ2) is 4.97. The number of amides is 1. The summed E-state index contributed by atoms with van der Waals surface area (Å²) < 4.78 is 0. The van der Waals surface area contributed by atoms with Crippen LogP contribution in [0.3, 0.4) is 0 Å². The van der Waals surface area contributed by atoms with E-state index in [1.54, 1.807) is 0 Å². The molecule has 0 bridgehead atoms. The van der Waals surface area contributed by atoms with E-state index in [1.807, 2.05) is 13.8 Å². The third-order valence-corrected chi connectivity index (χ3v) is 4.31. The maximum absolute atomic E-state index is 12.3. The van der Waals surface area contributed by atoms with Crippen molar-refractivity contribution in [3.8, 4) is 0 Å². The first-order valence-corrected chi connectivity index (χ1v) is 7.10. The topological polar surface area (TPSA) is 46.3 Å². The third kappa shape index (κ3) is 2.82. The van der Waals surface area contributed by atoms with Crippen LogP contribution in [0.4, 0.5) is 0 Å². The van der Waals surface area contributed by atoms with E-state index in [0.29, 0.717) is 6.04 Å². The average Bonchev–Trinajstić information content (AvgIpc) is 2.76.